The van der Waals surface area contributed by atoms with E-state index in [9.17, 15) is 9.59 Å². The van der Waals surface area contributed by atoms with E-state index < -0.39 is 6.04 Å². The maximum Gasteiger partial charge on any atom is 0.279 e. The van der Waals surface area contributed by atoms with Gasteiger partial charge in [0.15, 0.2) is 0 Å². The summed E-state index contributed by atoms with van der Waals surface area (Å²) < 4.78 is 0. The minimum absolute atomic E-state index is 0.0656. The first-order valence-corrected chi connectivity index (χ1v) is 7.91. The van der Waals surface area contributed by atoms with Crippen LogP contribution in [-0.2, 0) is 11.3 Å². The van der Waals surface area contributed by atoms with Gasteiger partial charge < -0.3 is 16.0 Å². The normalized spacial score (nSPS) is 17.3. The number of likely N-dealkylation sites (N-methyl/N-ethyl adjacent to an activating group) is 1. The summed E-state index contributed by atoms with van der Waals surface area (Å²) in [6.07, 6.45) is 0. The summed E-state index contributed by atoms with van der Waals surface area (Å²) in [4.78, 5) is 25.8. The molecule has 1 fully saturated rings. The van der Waals surface area contributed by atoms with Gasteiger partial charge in [0.2, 0.25) is 5.91 Å². The Morgan fingerprint density at radius 1 is 1.65 bits per heavy atom. The fourth-order valence-corrected chi connectivity index (χ4v) is 3.34. The lowest BCUT2D eigenvalue weighted by Crippen LogP contribution is -2.43. The first kappa shape index (κ1) is 14.9. The lowest BCUT2D eigenvalue weighted by atomic mass is 10.2. The highest BCUT2D eigenvalue weighted by Crippen LogP contribution is 2.18. The number of nitrogens with one attached hydrogen (secondary N) is 1. The second kappa shape index (κ2) is 6.79. The predicted octanol–water partition coefficient (Wildman–Crippen LogP) is 0.842. The molecule has 1 aliphatic heterocycles. The van der Waals surface area contributed by atoms with Crippen molar-refractivity contribution in [1.82, 2.24) is 10.2 Å². The molecule has 2 rings (SSSR count). The van der Waals surface area contributed by atoms with Crippen molar-refractivity contribution in [2.24, 2.45) is 5.73 Å². The van der Waals surface area contributed by atoms with Crippen LogP contribution < -0.4 is 11.1 Å². The topological polar surface area (TPSA) is 75.4 Å². The molecule has 1 aromatic rings. The summed E-state index contributed by atoms with van der Waals surface area (Å²) in [5.74, 6) is 6.20. The summed E-state index contributed by atoms with van der Waals surface area (Å²) in [7, 11) is 1.74. The molecule has 2 amide bonds. The van der Waals surface area contributed by atoms with Gasteiger partial charge in [-0.05, 0) is 17.0 Å². The standard InChI is InChI=1S/C13H15N3O2S2/c1-16(12(17)11-8-20-13(18)15-11)6-9-5-10(19-7-9)3-2-4-14/h5,7,11H,4,6,8,14H2,1H3,(H,15,18). The van der Waals surface area contributed by atoms with Crippen molar-refractivity contribution in [2.45, 2.75) is 12.6 Å². The van der Waals surface area contributed by atoms with Gasteiger partial charge in [0.05, 0.1) is 11.4 Å². The van der Waals surface area contributed by atoms with Gasteiger partial charge in [-0.3, -0.25) is 9.59 Å². The largest absolute Gasteiger partial charge is 0.340 e. The van der Waals surface area contributed by atoms with Crippen LogP contribution in [0.15, 0.2) is 11.4 Å². The average Bonchev–Trinajstić information content (AvgIpc) is 3.04. The number of thioether (sulfide) groups is 1. The van der Waals surface area contributed by atoms with Gasteiger partial charge in [0.25, 0.3) is 5.24 Å². The number of nitrogens with two attached hydrogens (primary N) is 1. The van der Waals surface area contributed by atoms with Crippen LogP contribution in [0, 0.1) is 11.8 Å². The van der Waals surface area contributed by atoms with Crippen LogP contribution in [0.4, 0.5) is 4.79 Å². The predicted molar refractivity (Wildman–Crippen MR) is 81.5 cm³/mol. The Labute approximate surface area is 125 Å². The maximum absolute atomic E-state index is 12.1. The molecule has 1 aliphatic rings. The van der Waals surface area contributed by atoms with E-state index in [1.54, 1.807) is 11.9 Å². The fourth-order valence-electron chi connectivity index (χ4n) is 1.80. The molecule has 106 valence electrons. The molecule has 20 heavy (non-hydrogen) atoms. The van der Waals surface area contributed by atoms with Gasteiger partial charge in [0.1, 0.15) is 6.04 Å². The molecule has 1 unspecified atom stereocenters. The highest BCUT2D eigenvalue weighted by atomic mass is 32.2. The molecule has 0 bridgehead atoms. The summed E-state index contributed by atoms with van der Waals surface area (Å²) in [6.45, 7) is 0.849. The number of carbonyl (C=O) groups is 2. The SMILES string of the molecule is CN(Cc1csc(C#CCN)c1)C(=O)C1CSC(=O)N1. The average molecular weight is 309 g/mol. The van der Waals surface area contributed by atoms with Crippen molar-refractivity contribution in [3.63, 3.8) is 0 Å². The quantitative estimate of drug-likeness (QED) is 0.812. The smallest absolute Gasteiger partial charge is 0.279 e. The van der Waals surface area contributed by atoms with E-state index in [1.165, 1.54) is 11.3 Å². The molecular formula is C13H15N3O2S2. The van der Waals surface area contributed by atoms with E-state index in [1.807, 2.05) is 11.4 Å². The van der Waals surface area contributed by atoms with Crippen LogP contribution in [0.1, 0.15) is 10.4 Å². The number of hydrogen-bond acceptors (Lipinski definition) is 5. The monoisotopic (exact) mass is 309 g/mol. The number of hydrogen-bond donors (Lipinski definition) is 2. The molecule has 0 aliphatic carbocycles. The number of thiophene rings is 1. The number of nitrogens with zero attached hydrogens (tertiary/aromatic N) is 1. The number of amides is 2. The Kier molecular flexibility index (Phi) is 5.06. The molecule has 1 saturated heterocycles. The third-order valence-corrected chi connectivity index (χ3v) is 4.51. The highest BCUT2D eigenvalue weighted by Gasteiger charge is 2.30. The molecule has 0 radical (unpaired) electrons. The zero-order valence-electron chi connectivity index (χ0n) is 11.0. The Morgan fingerprint density at radius 3 is 3.10 bits per heavy atom. The molecule has 0 aromatic carbocycles. The summed E-state index contributed by atoms with van der Waals surface area (Å²) in [5.41, 5.74) is 6.36. The van der Waals surface area contributed by atoms with Crippen LogP contribution >= 0.6 is 23.1 Å². The Bertz CT molecular complexity index is 574. The van der Waals surface area contributed by atoms with E-state index in [-0.39, 0.29) is 11.1 Å². The summed E-state index contributed by atoms with van der Waals surface area (Å²) >= 11 is 2.68. The van der Waals surface area contributed by atoms with Crippen molar-refractivity contribution in [3.8, 4) is 11.8 Å². The molecule has 3 N–H and O–H groups in total. The van der Waals surface area contributed by atoms with Crippen molar-refractivity contribution < 1.29 is 9.59 Å². The van der Waals surface area contributed by atoms with Crippen LogP contribution in [0.2, 0.25) is 0 Å². The Hall–Kier alpha value is -1.49. The molecule has 2 heterocycles. The van der Waals surface area contributed by atoms with Gasteiger partial charge in [-0.1, -0.05) is 23.6 Å². The first-order valence-electron chi connectivity index (χ1n) is 6.04. The van der Waals surface area contributed by atoms with Crippen molar-refractivity contribution >= 4 is 34.2 Å². The van der Waals surface area contributed by atoms with Crippen LogP contribution in [0.5, 0.6) is 0 Å². The Morgan fingerprint density at radius 2 is 2.45 bits per heavy atom. The minimum atomic E-state index is -0.410. The fraction of sp³-hybridized carbons (Fsp3) is 0.385. The third-order valence-electron chi connectivity index (χ3n) is 2.73. The molecule has 7 heteroatoms. The van der Waals surface area contributed by atoms with Crippen molar-refractivity contribution in [3.05, 3.63) is 21.9 Å². The summed E-state index contributed by atoms with van der Waals surface area (Å²) in [6, 6.07) is 1.55. The van der Waals surface area contributed by atoms with Crippen LogP contribution in [0.3, 0.4) is 0 Å². The van der Waals surface area contributed by atoms with Gasteiger partial charge in [-0.25, -0.2) is 0 Å². The van der Waals surface area contributed by atoms with E-state index in [2.05, 4.69) is 17.2 Å². The zero-order valence-corrected chi connectivity index (χ0v) is 12.6. The third kappa shape index (κ3) is 3.76. The van der Waals surface area contributed by atoms with Gasteiger partial charge in [0, 0.05) is 19.3 Å². The van der Waals surface area contributed by atoms with Crippen molar-refractivity contribution in [1.29, 1.82) is 0 Å². The second-order valence-corrected chi connectivity index (χ2v) is 6.22. The van der Waals surface area contributed by atoms with E-state index in [4.69, 9.17) is 5.73 Å². The first-order chi connectivity index (χ1) is 9.60. The van der Waals surface area contributed by atoms with Gasteiger partial charge >= 0.3 is 0 Å². The molecule has 0 saturated carbocycles. The molecular weight excluding hydrogens is 294 g/mol. The number of carbonyl (C=O) groups excluding carboxylic acids is 2. The lowest BCUT2D eigenvalue weighted by Gasteiger charge is -2.19. The second-order valence-electron chi connectivity index (χ2n) is 4.31. The molecule has 1 atom stereocenters. The van der Waals surface area contributed by atoms with Gasteiger partial charge in [-0.2, -0.15) is 0 Å². The van der Waals surface area contributed by atoms with E-state index >= 15 is 0 Å². The maximum atomic E-state index is 12.1. The molecule has 1 aromatic heterocycles. The van der Waals surface area contributed by atoms with E-state index in [0.29, 0.717) is 18.8 Å². The van der Waals surface area contributed by atoms with E-state index in [0.717, 1.165) is 22.2 Å². The number of rotatable bonds is 3. The van der Waals surface area contributed by atoms with Crippen LogP contribution in [-0.4, -0.2) is 41.4 Å². The molecule has 5 nitrogen and oxygen atoms in total. The summed E-state index contributed by atoms with van der Waals surface area (Å²) in [5, 5.41) is 4.50. The van der Waals surface area contributed by atoms with Crippen LogP contribution in [0.25, 0.3) is 0 Å². The zero-order chi connectivity index (χ0) is 14.5. The van der Waals surface area contributed by atoms with Crippen molar-refractivity contribution in [2.75, 3.05) is 19.3 Å². The Balaban J connectivity index is 1.93. The lowest BCUT2D eigenvalue weighted by molar-refractivity contribution is -0.131. The minimum Gasteiger partial charge on any atom is -0.340 e. The van der Waals surface area contributed by atoms with Gasteiger partial charge in [-0.15, -0.1) is 11.3 Å². The highest BCUT2D eigenvalue weighted by molar-refractivity contribution is 8.14. The molecule has 0 spiro atoms.